The molecule has 18 heavy (non-hydrogen) atoms. The fourth-order valence-electron chi connectivity index (χ4n) is 2.27. The van der Waals surface area contributed by atoms with Crippen LogP contribution in [0.3, 0.4) is 0 Å². The van der Waals surface area contributed by atoms with Crippen molar-refractivity contribution < 1.29 is 0 Å². The first-order valence-electron chi connectivity index (χ1n) is 6.55. The summed E-state index contributed by atoms with van der Waals surface area (Å²) >= 11 is 5.92. The summed E-state index contributed by atoms with van der Waals surface area (Å²) in [5.41, 5.74) is 0.0900. The molecule has 1 aromatic rings. The standard InChI is InChI=1S/C12H20ClN5/c1-3-8-14-10-15-9(13)16-11(17-10)18-12(2)6-4-5-7-12/h3-8H2,1-2H3,(H2,14,15,16,17,18). The Morgan fingerprint density at radius 3 is 2.50 bits per heavy atom. The number of rotatable bonds is 5. The molecule has 1 aromatic heterocycles. The topological polar surface area (TPSA) is 62.7 Å². The van der Waals surface area contributed by atoms with Crippen LogP contribution in [-0.4, -0.2) is 27.0 Å². The van der Waals surface area contributed by atoms with Gasteiger partial charge in [0, 0.05) is 12.1 Å². The van der Waals surface area contributed by atoms with E-state index in [1.54, 1.807) is 0 Å². The number of nitrogens with zero attached hydrogens (tertiary/aromatic N) is 3. The van der Waals surface area contributed by atoms with Crippen molar-refractivity contribution in [2.24, 2.45) is 0 Å². The van der Waals surface area contributed by atoms with E-state index >= 15 is 0 Å². The fourth-order valence-corrected chi connectivity index (χ4v) is 2.43. The van der Waals surface area contributed by atoms with E-state index in [1.165, 1.54) is 12.8 Å². The average molecular weight is 270 g/mol. The second-order valence-electron chi connectivity index (χ2n) is 5.07. The van der Waals surface area contributed by atoms with Crippen LogP contribution in [0.1, 0.15) is 46.0 Å². The summed E-state index contributed by atoms with van der Waals surface area (Å²) in [5, 5.41) is 6.74. The van der Waals surface area contributed by atoms with Crippen molar-refractivity contribution in [1.29, 1.82) is 0 Å². The lowest BCUT2D eigenvalue weighted by Gasteiger charge is -2.25. The molecule has 100 valence electrons. The van der Waals surface area contributed by atoms with E-state index in [2.05, 4.69) is 39.4 Å². The minimum absolute atomic E-state index is 0.0900. The van der Waals surface area contributed by atoms with Crippen LogP contribution in [-0.2, 0) is 0 Å². The highest BCUT2D eigenvalue weighted by molar-refractivity contribution is 6.28. The maximum Gasteiger partial charge on any atom is 0.229 e. The minimum atomic E-state index is 0.0900. The van der Waals surface area contributed by atoms with Crippen LogP contribution in [0, 0.1) is 0 Å². The summed E-state index contributed by atoms with van der Waals surface area (Å²) in [4.78, 5) is 12.6. The van der Waals surface area contributed by atoms with E-state index in [0.717, 1.165) is 25.8 Å². The summed E-state index contributed by atoms with van der Waals surface area (Å²) in [6.45, 7) is 5.13. The number of hydrogen-bond donors (Lipinski definition) is 2. The molecular formula is C12H20ClN5. The van der Waals surface area contributed by atoms with Crippen molar-refractivity contribution in [2.75, 3.05) is 17.2 Å². The molecular weight excluding hydrogens is 250 g/mol. The highest BCUT2D eigenvalue weighted by Crippen LogP contribution is 2.31. The highest BCUT2D eigenvalue weighted by Gasteiger charge is 2.29. The molecule has 1 aliphatic rings. The smallest absolute Gasteiger partial charge is 0.229 e. The summed E-state index contributed by atoms with van der Waals surface area (Å²) in [6, 6.07) is 0. The van der Waals surface area contributed by atoms with Crippen LogP contribution in [0.15, 0.2) is 0 Å². The van der Waals surface area contributed by atoms with Gasteiger partial charge in [-0.25, -0.2) is 0 Å². The summed E-state index contributed by atoms with van der Waals surface area (Å²) in [7, 11) is 0. The van der Waals surface area contributed by atoms with Crippen LogP contribution in [0.25, 0.3) is 0 Å². The Balaban J connectivity index is 2.09. The van der Waals surface area contributed by atoms with Gasteiger partial charge < -0.3 is 10.6 Å². The van der Waals surface area contributed by atoms with E-state index in [1.807, 2.05) is 0 Å². The number of hydrogen-bond acceptors (Lipinski definition) is 5. The van der Waals surface area contributed by atoms with Gasteiger partial charge >= 0.3 is 0 Å². The number of nitrogens with one attached hydrogen (secondary N) is 2. The Labute approximate surface area is 113 Å². The Bertz CT molecular complexity index is 403. The average Bonchev–Trinajstić information content (AvgIpc) is 2.72. The minimum Gasteiger partial charge on any atom is -0.354 e. The molecule has 0 bridgehead atoms. The third kappa shape index (κ3) is 3.45. The largest absolute Gasteiger partial charge is 0.354 e. The Kier molecular flexibility index (Phi) is 4.22. The number of anilines is 2. The summed E-state index contributed by atoms with van der Waals surface area (Å²) in [5.74, 6) is 1.11. The molecule has 2 rings (SSSR count). The van der Waals surface area contributed by atoms with Gasteiger partial charge in [-0.05, 0) is 37.8 Å². The van der Waals surface area contributed by atoms with Gasteiger partial charge in [0.2, 0.25) is 17.2 Å². The molecule has 0 spiro atoms. The van der Waals surface area contributed by atoms with Crippen molar-refractivity contribution in [1.82, 2.24) is 15.0 Å². The second kappa shape index (κ2) is 5.69. The predicted molar refractivity (Wildman–Crippen MR) is 74.1 cm³/mol. The molecule has 0 aromatic carbocycles. The van der Waals surface area contributed by atoms with Gasteiger partial charge in [-0.3, -0.25) is 0 Å². The summed E-state index contributed by atoms with van der Waals surface area (Å²) < 4.78 is 0. The maximum absolute atomic E-state index is 5.92. The van der Waals surface area contributed by atoms with Gasteiger partial charge in [-0.15, -0.1) is 0 Å². The lowest BCUT2D eigenvalue weighted by Crippen LogP contribution is -2.32. The fraction of sp³-hybridized carbons (Fsp3) is 0.750. The van der Waals surface area contributed by atoms with Gasteiger partial charge in [-0.2, -0.15) is 15.0 Å². The van der Waals surface area contributed by atoms with E-state index < -0.39 is 0 Å². The predicted octanol–water partition coefficient (Wildman–Crippen LogP) is 3.09. The van der Waals surface area contributed by atoms with Gasteiger partial charge in [-0.1, -0.05) is 19.8 Å². The maximum atomic E-state index is 5.92. The molecule has 0 saturated heterocycles. The van der Waals surface area contributed by atoms with Gasteiger partial charge in [0.1, 0.15) is 0 Å². The number of aromatic nitrogens is 3. The quantitative estimate of drug-likeness (QED) is 0.860. The zero-order chi connectivity index (χ0) is 13.0. The first kappa shape index (κ1) is 13.3. The van der Waals surface area contributed by atoms with Gasteiger partial charge in [0.05, 0.1) is 0 Å². The summed E-state index contributed by atoms with van der Waals surface area (Å²) in [6.07, 6.45) is 5.82. The molecule has 1 heterocycles. The third-order valence-electron chi connectivity index (χ3n) is 3.26. The van der Waals surface area contributed by atoms with E-state index in [0.29, 0.717) is 11.9 Å². The lowest BCUT2D eigenvalue weighted by atomic mass is 10.0. The van der Waals surface area contributed by atoms with Crippen LogP contribution in [0.5, 0.6) is 0 Å². The number of halogens is 1. The van der Waals surface area contributed by atoms with Crippen molar-refractivity contribution >= 4 is 23.5 Å². The molecule has 0 aliphatic heterocycles. The molecule has 5 nitrogen and oxygen atoms in total. The SMILES string of the molecule is CCCNc1nc(Cl)nc(NC2(C)CCCC2)n1. The Hall–Kier alpha value is -1.10. The van der Waals surface area contributed by atoms with E-state index in [4.69, 9.17) is 11.6 Å². The molecule has 0 amide bonds. The first-order valence-corrected chi connectivity index (χ1v) is 6.93. The molecule has 6 heteroatoms. The zero-order valence-corrected chi connectivity index (χ0v) is 11.7. The van der Waals surface area contributed by atoms with Crippen molar-refractivity contribution in [2.45, 2.75) is 51.5 Å². The zero-order valence-electron chi connectivity index (χ0n) is 11.0. The molecule has 1 aliphatic carbocycles. The van der Waals surface area contributed by atoms with Crippen LogP contribution < -0.4 is 10.6 Å². The molecule has 1 saturated carbocycles. The van der Waals surface area contributed by atoms with Gasteiger partial charge in [0.25, 0.3) is 0 Å². The Morgan fingerprint density at radius 2 is 1.83 bits per heavy atom. The van der Waals surface area contributed by atoms with Crippen molar-refractivity contribution in [3.8, 4) is 0 Å². The first-order chi connectivity index (χ1) is 8.61. The normalized spacial score (nSPS) is 17.7. The van der Waals surface area contributed by atoms with E-state index in [9.17, 15) is 0 Å². The second-order valence-corrected chi connectivity index (χ2v) is 5.41. The monoisotopic (exact) mass is 269 g/mol. The highest BCUT2D eigenvalue weighted by atomic mass is 35.5. The molecule has 0 unspecified atom stereocenters. The van der Waals surface area contributed by atoms with Crippen molar-refractivity contribution in [3.05, 3.63) is 5.28 Å². The van der Waals surface area contributed by atoms with E-state index in [-0.39, 0.29) is 10.8 Å². The van der Waals surface area contributed by atoms with Crippen LogP contribution >= 0.6 is 11.6 Å². The van der Waals surface area contributed by atoms with Crippen LogP contribution in [0.2, 0.25) is 5.28 Å². The lowest BCUT2D eigenvalue weighted by molar-refractivity contribution is 0.528. The molecule has 2 N–H and O–H groups in total. The Morgan fingerprint density at radius 1 is 1.17 bits per heavy atom. The molecule has 0 radical (unpaired) electrons. The van der Waals surface area contributed by atoms with Crippen LogP contribution in [0.4, 0.5) is 11.9 Å². The molecule has 0 atom stereocenters. The van der Waals surface area contributed by atoms with Crippen molar-refractivity contribution in [3.63, 3.8) is 0 Å². The van der Waals surface area contributed by atoms with Gasteiger partial charge in [0.15, 0.2) is 0 Å². The molecule has 1 fully saturated rings. The third-order valence-corrected chi connectivity index (χ3v) is 3.43.